The number of carbonyl (C=O) groups excluding carboxylic acids is 2. The van der Waals surface area contributed by atoms with E-state index in [0.29, 0.717) is 6.54 Å². The molecule has 1 heterocycles. The van der Waals surface area contributed by atoms with Gasteiger partial charge in [0, 0.05) is 19.0 Å². The summed E-state index contributed by atoms with van der Waals surface area (Å²) in [6.45, 7) is 9.72. The molecule has 1 aliphatic heterocycles. The molecule has 0 saturated carbocycles. The van der Waals surface area contributed by atoms with Gasteiger partial charge < -0.3 is 20.1 Å². The normalized spacial score (nSPS) is 22.3. The van der Waals surface area contributed by atoms with Crippen molar-refractivity contribution in [3.8, 4) is 11.1 Å². The topological polar surface area (TPSA) is 95.9 Å². The van der Waals surface area contributed by atoms with Crippen molar-refractivity contribution in [3.05, 3.63) is 59.7 Å². The zero-order chi connectivity index (χ0) is 25.5. The lowest BCUT2D eigenvalue weighted by molar-refractivity contribution is -0.149. The van der Waals surface area contributed by atoms with Crippen LogP contribution in [0.2, 0.25) is 0 Å². The van der Waals surface area contributed by atoms with Crippen LogP contribution in [-0.2, 0) is 14.3 Å². The van der Waals surface area contributed by atoms with Gasteiger partial charge in [0.1, 0.15) is 12.6 Å². The Morgan fingerprint density at radius 1 is 1.09 bits per heavy atom. The number of carbonyl (C=O) groups is 3. The fraction of sp³-hybridized carbons (Fsp3) is 0.464. The number of hydrogen-bond acceptors (Lipinski definition) is 4. The summed E-state index contributed by atoms with van der Waals surface area (Å²) >= 11 is 0. The predicted octanol–water partition coefficient (Wildman–Crippen LogP) is 4.51. The van der Waals surface area contributed by atoms with Crippen LogP contribution in [-0.4, -0.2) is 53.7 Å². The monoisotopic (exact) mass is 478 g/mol. The molecule has 0 aromatic heterocycles. The molecule has 1 saturated heterocycles. The number of ether oxygens (including phenoxy) is 1. The van der Waals surface area contributed by atoms with E-state index in [9.17, 15) is 19.5 Å². The molecule has 1 aliphatic carbocycles. The number of rotatable bonds is 5. The third-order valence-electron chi connectivity index (χ3n) is 7.62. The molecule has 2 amide bonds. The minimum absolute atomic E-state index is 0.0763. The second-order valence-corrected chi connectivity index (χ2v) is 11.1. The molecule has 4 rings (SSSR count). The van der Waals surface area contributed by atoms with Crippen molar-refractivity contribution in [2.75, 3.05) is 19.7 Å². The van der Waals surface area contributed by atoms with Crippen molar-refractivity contribution in [2.24, 2.45) is 16.7 Å². The van der Waals surface area contributed by atoms with Crippen molar-refractivity contribution in [2.45, 2.75) is 46.6 Å². The molecule has 35 heavy (non-hydrogen) atoms. The molecular formula is C28H34N2O5. The summed E-state index contributed by atoms with van der Waals surface area (Å²) in [5.74, 6) is -1.48. The van der Waals surface area contributed by atoms with E-state index in [1.807, 2.05) is 52.0 Å². The molecule has 2 aliphatic rings. The summed E-state index contributed by atoms with van der Waals surface area (Å²) in [6.07, 6.45) is -0.659. The highest BCUT2D eigenvalue weighted by atomic mass is 16.5. The lowest BCUT2D eigenvalue weighted by atomic mass is 9.81. The summed E-state index contributed by atoms with van der Waals surface area (Å²) in [5, 5.41) is 12.4. The lowest BCUT2D eigenvalue weighted by Crippen LogP contribution is -2.54. The minimum atomic E-state index is -1.01. The number of benzene rings is 2. The molecule has 0 spiro atoms. The summed E-state index contributed by atoms with van der Waals surface area (Å²) in [6, 6.07) is 15.4. The van der Waals surface area contributed by atoms with Crippen LogP contribution in [0.25, 0.3) is 11.1 Å². The van der Waals surface area contributed by atoms with E-state index in [-0.39, 0.29) is 30.9 Å². The maximum absolute atomic E-state index is 13.4. The van der Waals surface area contributed by atoms with Gasteiger partial charge in [-0.2, -0.15) is 0 Å². The zero-order valence-electron chi connectivity index (χ0n) is 21.0. The molecule has 7 heteroatoms. The van der Waals surface area contributed by atoms with Gasteiger partial charge >= 0.3 is 12.1 Å². The number of carboxylic acid groups (broad SMARTS) is 1. The minimum Gasteiger partial charge on any atom is -0.481 e. The summed E-state index contributed by atoms with van der Waals surface area (Å²) in [5.41, 5.74) is 2.91. The van der Waals surface area contributed by atoms with E-state index >= 15 is 0 Å². The summed E-state index contributed by atoms with van der Waals surface area (Å²) < 4.78 is 5.66. The van der Waals surface area contributed by atoms with Gasteiger partial charge in [0.05, 0.1) is 5.41 Å². The number of alkyl carbamates (subject to hydrolysis) is 1. The molecule has 2 N–H and O–H groups in total. The van der Waals surface area contributed by atoms with Crippen LogP contribution in [0.15, 0.2) is 48.5 Å². The van der Waals surface area contributed by atoms with Crippen LogP contribution in [0.1, 0.15) is 51.7 Å². The van der Waals surface area contributed by atoms with Crippen molar-refractivity contribution >= 4 is 18.0 Å². The predicted molar refractivity (Wildman–Crippen MR) is 133 cm³/mol. The maximum Gasteiger partial charge on any atom is 0.407 e. The quantitative estimate of drug-likeness (QED) is 0.659. The molecule has 2 aromatic rings. The van der Waals surface area contributed by atoms with Crippen molar-refractivity contribution in [1.29, 1.82) is 0 Å². The van der Waals surface area contributed by atoms with Crippen molar-refractivity contribution in [3.63, 3.8) is 0 Å². The average Bonchev–Trinajstić information content (AvgIpc) is 3.30. The Morgan fingerprint density at radius 2 is 1.63 bits per heavy atom. The van der Waals surface area contributed by atoms with Gasteiger partial charge in [0.2, 0.25) is 5.91 Å². The molecule has 7 nitrogen and oxygen atoms in total. The Morgan fingerprint density at radius 3 is 2.11 bits per heavy atom. The maximum atomic E-state index is 13.4. The van der Waals surface area contributed by atoms with E-state index in [1.54, 1.807) is 11.8 Å². The van der Waals surface area contributed by atoms with E-state index in [0.717, 1.165) is 22.3 Å². The van der Waals surface area contributed by atoms with E-state index in [1.165, 1.54) is 0 Å². The number of amides is 2. The molecular weight excluding hydrogens is 444 g/mol. The molecule has 3 atom stereocenters. The van der Waals surface area contributed by atoms with E-state index in [4.69, 9.17) is 4.74 Å². The van der Waals surface area contributed by atoms with Gasteiger partial charge in [-0.1, -0.05) is 76.2 Å². The first kappa shape index (κ1) is 24.8. The van der Waals surface area contributed by atoms with Crippen LogP contribution in [0.4, 0.5) is 4.79 Å². The molecule has 2 aromatic carbocycles. The zero-order valence-corrected chi connectivity index (χ0v) is 21.0. The number of nitrogens with zero attached hydrogens (tertiary/aromatic N) is 1. The van der Waals surface area contributed by atoms with Crippen LogP contribution >= 0.6 is 0 Å². The lowest BCUT2D eigenvalue weighted by Gasteiger charge is -2.33. The molecule has 1 fully saturated rings. The number of hydrogen-bond donors (Lipinski definition) is 2. The average molecular weight is 479 g/mol. The van der Waals surface area contributed by atoms with Gasteiger partial charge in [-0.05, 0) is 40.5 Å². The first-order chi connectivity index (χ1) is 16.4. The second-order valence-electron chi connectivity index (χ2n) is 11.1. The van der Waals surface area contributed by atoms with Crippen LogP contribution < -0.4 is 5.32 Å². The summed E-state index contributed by atoms with van der Waals surface area (Å²) in [7, 11) is 0. The van der Waals surface area contributed by atoms with Gasteiger partial charge in [-0.15, -0.1) is 0 Å². The molecule has 0 bridgehead atoms. The van der Waals surface area contributed by atoms with Crippen LogP contribution in [0.5, 0.6) is 0 Å². The van der Waals surface area contributed by atoms with Gasteiger partial charge in [-0.3, -0.25) is 9.59 Å². The number of fused-ring (bicyclic) bond motifs is 3. The Labute approximate surface area is 206 Å². The van der Waals surface area contributed by atoms with Crippen LogP contribution in [0, 0.1) is 16.7 Å². The standard InChI is InChI=1S/C28H34N2O5/c1-17-14-30(16-28(17,5)25(32)33)24(31)23(27(2,3)4)29-26(34)35-15-22-20-12-8-6-10-18(20)19-11-7-9-13-21(19)22/h6-13,17,22-23H,14-16H2,1-5H3,(H,29,34)(H,32,33)/t17-,23?,28-/m0/s1. The molecule has 186 valence electrons. The first-order valence-electron chi connectivity index (χ1n) is 12.1. The van der Waals surface area contributed by atoms with Crippen LogP contribution in [0.3, 0.4) is 0 Å². The third kappa shape index (κ3) is 4.51. The Hall–Kier alpha value is -3.35. The molecule has 1 unspecified atom stereocenters. The van der Waals surface area contributed by atoms with Crippen molar-refractivity contribution in [1.82, 2.24) is 10.2 Å². The highest BCUT2D eigenvalue weighted by Gasteiger charge is 2.50. The number of aliphatic carboxylic acids is 1. The largest absolute Gasteiger partial charge is 0.481 e. The fourth-order valence-corrected chi connectivity index (χ4v) is 5.18. The molecule has 0 radical (unpaired) electrons. The van der Waals surface area contributed by atoms with Crippen molar-refractivity contribution < 1.29 is 24.2 Å². The van der Waals surface area contributed by atoms with Gasteiger partial charge in [-0.25, -0.2) is 4.79 Å². The SMILES string of the molecule is C[C@H]1CN(C(=O)C(NC(=O)OCC2c3ccccc3-c3ccccc32)C(C)(C)C)C[C@]1(C)C(=O)O. The van der Waals surface area contributed by atoms with E-state index in [2.05, 4.69) is 29.6 Å². The third-order valence-corrected chi connectivity index (χ3v) is 7.62. The first-order valence-corrected chi connectivity index (χ1v) is 12.1. The van der Waals surface area contributed by atoms with Gasteiger partial charge in [0.15, 0.2) is 0 Å². The second kappa shape index (κ2) is 9.02. The van der Waals surface area contributed by atoms with E-state index < -0.39 is 28.9 Å². The smallest absolute Gasteiger partial charge is 0.407 e. The number of carboxylic acids is 1. The number of nitrogens with one attached hydrogen (secondary N) is 1. The highest BCUT2D eigenvalue weighted by molar-refractivity contribution is 5.88. The fourth-order valence-electron chi connectivity index (χ4n) is 5.18. The number of likely N-dealkylation sites (tertiary alicyclic amines) is 1. The Bertz CT molecular complexity index is 1110. The summed E-state index contributed by atoms with van der Waals surface area (Å²) in [4.78, 5) is 39.7. The Balaban J connectivity index is 1.46. The Kier molecular flexibility index (Phi) is 6.38. The highest BCUT2D eigenvalue weighted by Crippen LogP contribution is 2.44. The van der Waals surface area contributed by atoms with Gasteiger partial charge in [0.25, 0.3) is 0 Å².